The van der Waals surface area contributed by atoms with Crippen molar-refractivity contribution in [1.29, 1.82) is 0 Å². The van der Waals surface area contributed by atoms with E-state index < -0.39 is 0 Å². The molecule has 90 valence electrons. The molecule has 16 heavy (non-hydrogen) atoms. The summed E-state index contributed by atoms with van der Waals surface area (Å²) in [6, 6.07) is 0.156. The standard InChI is InChI=1S/C11H20N4O/c1-5-6-15(7(2)3)11(16)10-9(12)8(4)13-14-10/h7H,5-6,12H2,1-4H3,(H,13,14). The van der Waals surface area contributed by atoms with Crippen molar-refractivity contribution < 1.29 is 4.79 Å². The number of H-pyrrole nitrogens is 1. The van der Waals surface area contributed by atoms with Crippen LogP contribution in [-0.2, 0) is 0 Å². The molecule has 0 aliphatic rings. The number of anilines is 1. The SMILES string of the molecule is CCCN(C(=O)c1n[nH]c(C)c1N)C(C)C. The fraction of sp³-hybridized carbons (Fsp3) is 0.636. The number of nitrogens with zero attached hydrogens (tertiary/aromatic N) is 2. The van der Waals surface area contributed by atoms with Crippen LogP contribution in [0.1, 0.15) is 43.4 Å². The number of carbonyl (C=O) groups is 1. The minimum atomic E-state index is -0.0984. The van der Waals surface area contributed by atoms with Gasteiger partial charge in [-0.15, -0.1) is 0 Å². The molecule has 5 nitrogen and oxygen atoms in total. The van der Waals surface area contributed by atoms with Gasteiger partial charge in [0.15, 0.2) is 5.69 Å². The fourth-order valence-corrected chi connectivity index (χ4v) is 1.57. The van der Waals surface area contributed by atoms with Gasteiger partial charge in [-0.1, -0.05) is 6.92 Å². The molecule has 1 amide bonds. The van der Waals surface area contributed by atoms with E-state index in [0.717, 1.165) is 18.7 Å². The molecule has 0 atom stereocenters. The van der Waals surface area contributed by atoms with Gasteiger partial charge >= 0.3 is 0 Å². The van der Waals surface area contributed by atoms with Crippen molar-refractivity contribution in [3.63, 3.8) is 0 Å². The molecule has 0 radical (unpaired) electrons. The summed E-state index contributed by atoms with van der Waals surface area (Å²) in [5.41, 5.74) is 7.32. The van der Waals surface area contributed by atoms with Crippen LogP contribution in [-0.4, -0.2) is 33.6 Å². The molecule has 0 aliphatic heterocycles. The van der Waals surface area contributed by atoms with E-state index in [9.17, 15) is 4.79 Å². The highest BCUT2D eigenvalue weighted by Gasteiger charge is 2.23. The summed E-state index contributed by atoms with van der Waals surface area (Å²) in [5.74, 6) is -0.0984. The molecule has 1 aromatic rings. The second-order valence-corrected chi connectivity index (χ2v) is 4.20. The van der Waals surface area contributed by atoms with Crippen LogP contribution in [0.2, 0.25) is 0 Å². The third-order valence-electron chi connectivity index (χ3n) is 2.55. The largest absolute Gasteiger partial charge is 0.395 e. The number of nitrogens with one attached hydrogen (secondary N) is 1. The molecule has 1 rings (SSSR count). The van der Waals surface area contributed by atoms with Gasteiger partial charge < -0.3 is 10.6 Å². The lowest BCUT2D eigenvalue weighted by Crippen LogP contribution is -2.38. The molecule has 1 heterocycles. The Kier molecular flexibility index (Phi) is 3.93. The zero-order valence-corrected chi connectivity index (χ0v) is 10.4. The van der Waals surface area contributed by atoms with Crippen molar-refractivity contribution in [2.24, 2.45) is 0 Å². The molecule has 0 spiro atoms. The quantitative estimate of drug-likeness (QED) is 0.815. The highest BCUT2D eigenvalue weighted by molar-refractivity contribution is 5.97. The van der Waals surface area contributed by atoms with Gasteiger partial charge in [0.05, 0.1) is 11.4 Å². The smallest absolute Gasteiger partial charge is 0.276 e. The van der Waals surface area contributed by atoms with Crippen LogP contribution in [0, 0.1) is 6.92 Å². The highest BCUT2D eigenvalue weighted by atomic mass is 16.2. The first-order chi connectivity index (χ1) is 7.49. The topological polar surface area (TPSA) is 75.0 Å². The first kappa shape index (κ1) is 12.5. The van der Waals surface area contributed by atoms with Crippen molar-refractivity contribution in [3.8, 4) is 0 Å². The maximum Gasteiger partial charge on any atom is 0.276 e. The van der Waals surface area contributed by atoms with Crippen LogP contribution in [0.15, 0.2) is 0 Å². The zero-order valence-electron chi connectivity index (χ0n) is 10.4. The molecule has 0 aromatic carbocycles. The average Bonchev–Trinajstić information content (AvgIpc) is 2.55. The second kappa shape index (κ2) is 5.01. The summed E-state index contributed by atoms with van der Waals surface area (Å²) in [5, 5.41) is 6.69. The molecule has 0 aliphatic carbocycles. The van der Waals surface area contributed by atoms with E-state index in [1.165, 1.54) is 0 Å². The van der Waals surface area contributed by atoms with Crippen molar-refractivity contribution in [3.05, 3.63) is 11.4 Å². The van der Waals surface area contributed by atoms with Crippen LogP contribution < -0.4 is 5.73 Å². The number of carbonyl (C=O) groups excluding carboxylic acids is 1. The number of nitrogens with two attached hydrogens (primary N) is 1. The first-order valence-corrected chi connectivity index (χ1v) is 5.60. The van der Waals surface area contributed by atoms with Gasteiger partial charge in [0.1, 0.15) is 0 Å². The Morgan fingerprint density at radius 1 is 1.56 bits per heavy atom. The minimum Gasteiger partial charge on any atom is -0.395 e. The van der Waals surface area contributed by atoms with Gasteiger partial charge in [-0.25, -0.2) is 0 Å². The third-order valence-corrected chi connectivity index (χ3v) is 2.55. The summed E-state index contributed by atoms with van der Waals surface area (Å²) < 4.78 is 0. The molecular formula is C11H20N4O. The summed E-state index contributed by atoms with van der Waals surface area (Å²) in [6.45, 7) is 8.55. The predicted octanol–water partition coefficient (Wildman–Crippen LogP) is 1.56. The van der Waals surface area contributed by atoms with Gasteiger partial charge in [-0.2, -0.15) is 5.10 Å². The van der Waals surface area contributed by atoms with Gasteiger partial charge in [-0.3, -0.25) is 9.89 Å². The number of hydrogen-bond donors (Lipinski definition) is 2. The van der Waals surface area contributed by atoms with Crippen LogP contribution in [0.5, 0.6) is 0 Å². The lowest BCUT2D eigenvalue weighted by Gasteiger charge is -2.25. The molecule has 0 unspecified atom stereocenters. The second-order valence-electron chi connectivity index (χ2n) is 4.20. The Bertz CT molecular complexity index is 370. The lowest BCUT2D eigenvalue weighted by molar-refractivity contribution is 0.0701. The highest BCUT2D eigenvalue weighted by Crippen LogP contribution is 2.16. The summed E-state index contributed by atoms with van der Waals surface area (Å²) in [7, 11) is 0. The number of aryl methyl sites for hydroxylation is 1. The number of hydrogen-bond acceptors (Lipinski definition) is 3. The number of aromatic amines is 1. The lowest BCUT2D eigenvalue weighted by atomic mass is 10.2. The predicted molar refractivity (Wildman–Crippen MR) is 64.2 cm³/mol. The van der Waals surface area contributed by atoms with Gasteiger partial charge in [0, 0.05) is 12.6 Å². The van der Waals surface area contributed by atoms with Gasteiger partial charge in [-0.05, 0) is 27.2 Å². The van der Waals surface area contributed by atoms with Crippen LogP contribution in [0.4, 0.5) is 5.69 Å². The summed E-state index contributed by atoms with van der Waals surface area (Å²) >= 11 is 0. The van der Waals surface area contributed by atoms with Crippen molar-refractivity contribution >= 4 is 11.6 Å². The van der Waals surface area contributed by atoms with Gasteiger partial charge in [0.2, 0.25) is 0 Å². The summed E-state index contributed by atoms with van der Waals surface area (Å²) in [4.78, 5) is 14.0. The normalized spacial score (nSPS) is 10.8. The van der Waals surface area contributed by atoms with Crippen molar-refractivity contribution in [2.75, 3.05) is 12.3 Å². The number of rotatable bonds is 4. The third kappa shape index (κ3) is 2.35. The number of nitrogen functional groups attached to an aromatic ring is 1. The van der Waals surface area contributed by atoms with E-state index in [4.69, 9.17) is 5.73 Å². The summed E-state index contributed by atoms with van der Waals surface area (Å²) in [6.07, 6.45) is 0.924. The molecule has 1 aromatic heterocycles. The van der Waals surface area contributed by atoms with Crippen molar-refractivity contribution in [2.45, 2.75) is 40.2 Å². The van der Waals surface area contributed by atoms with Crippen molar-refractivity contribution in [1.82, 2.24) is 15.1 Å². The zero-order chi connectivity index (χ0) is 12.3. The van der Waals surface area contributed by atoms with Crippen LogP contribution >= 0.6 is 0 Å². The average molecular weight is 224 g/mol. The molecule has 0 saturated heterocycles. The Hall–Kier alpha value is -1.52. The Morgan fingerprint density at radius 3 is 2.56 bits per heavy atom. The monoisotopic (exact) mass is 224 g/mol. The minimum absolute atomic E-state index is 0.0984. The number of aromatic nitrogens is 2. The fourth-order valence-electron chi connectivity index (χ4n) is 1.57. The molecule has 0 bridgehead atoms. The van der Waals surface area contributed by atoms with E-state index in [2.05, 4.69) is 10.2 Å². The van der Waals surface area contributed by atoms with E-state index in [-0.39, 0.29) is 11.9 Å². The van der Waals surface area contributed by atoms with E-state index in [1.807, 2.05) is 20.8 Å². The van der Waals surface area contributed by atoms with Gasteiger partial charge in [0.25, 0.3) is 5.91 Å². The Balaban J connectivity index is 2.95. The maximum atomic E-state index is 12.2. The first-order valence-electron chi connectivity index (χ1n) is 5.60. The van der Waals surface area contributed by atoms with E-state index in [1.54, 1.807) is 11.8 Å². The maximum absolute atomic E-state index is 12.2. The van der Waals surface area contributed by atoms with E-state index >= 15 is 0 Å². The molecule has 3 N–H and O–H groups in total. The molecule has 0 saturated carbocycles. The van der Waals surface area contributed by atoms with E-state index in [0.29, 0.717) is 11.4 Å². The van der Waals surface area contributed by atoms with Crippen LogP contribution in [0.3, 0.4) is 0 Å². The molecular weight excluding hydrogens is 204 g/mol. The molecule has 5 heteroatoms. The Labute approximate surface area is 96.0 Å². The molecule has 0 fully saturated rings. The Morgan fingerprint density at radius 2 is 2.19 bits per heavy atom. The number of amides is 1. The van der Waals surface area contributed by atoms with Crippen LogP contribution in [0.25, 0.3) is 0 Å².